The Bertz CT molecular complexity index is 271. The number of Topliss-reactive ketones (excluding diaryl/α,β-unsaturated/α-hetero) is 1. The number of ketones is 1. The second-order valence-electron chi connectivity index (χ2n) is 4.79. The molecule has 2 rings (SSSR count). The van der Waals surface area contributed by atoms with E-state index in [0.29, 0.717) is 25.5 Å². The fourth-order valence-electron chi connectivity index (χ4n) is 2.42. The van der Waals surface area contributed by atoms with Gasteiger partial charge in [0, 0.05) is 13.0 Å². The molecule has 0 atom stereocenters. The number of likely N-dealkylation sites (tertiary alicyclic amines) is 1. The second-order valence-corrected chi connectivity index (χ2v) is 4.79. The van der Waals surface area contributed by atoms with Crippen LogP contribution in [0.4, 0.5) is 4.79 Å². The summed E-state index contributed by atoms with van der Waals surface area (Å²) in [6, 6.07) is 0. The van der Waals surface area contributed by atoms with E-state index in [1.54, 1.807) is 0 Å². The van der Waals surface area contributed by atoms with Crippen LogP contribution >= 0.6 is 0 Å². The van der Waals surface area contributed by atoms with Gasteiger partial charge in [-0.3, -0.25) is 4.79 Å². The lowest BCUT2D eigenvalue weighted by molar-refractivity contribution is -0.116. The summed E-state index contributed by atoms with van der Waals surface area (Å²) in [5.74, 6) is 0.672. The molecule has 0 spiro atoms. The van der Waals surface area contributed by atoms with Gasteiger partial charge < -0.3 is 9.64 Å². The van der Waals surface area contributed by atoms with Crippen molar-refractivity contribution in [3.63, 3.8) is 0 Å². The summed E-state index contributed by atoms with van der Waals surface area (Å²) < 4.78 is 5.25. The van der Waals surface area contributed by atoms with Gasteiger partial charge in [-0.1, -0.05) is 19.3 Å². The molecule has 1 saturated heterocycles. The number of nitrogens with zero attached hydrogens (tertiary/aromatic N) is 1. The smallest absolute Gasteiger partial charge is 0.410 e. The summed E-state index contributed by atoms with van der Waals surface area (Å²) in [6.45, 7) is 1.30. The molecule has 0 aromatic rings. The zero-order valence-electron chi connectivity index (χ0n) is 9.61. The molecule has 1 heterocycles. The van der Waals surface area contributed by atoms with Gasteiger partial charge in [0.25, 0.3) is 0 Å². The number of hydrogen-bond donors (Lipinski definition) is 0. The summed E-state index contributed by atoms with van der Waals surface area (Å²) in [7, 11) is 0. The fourth-order valence-corrected chi connectivity index (χ4v) is 2.42. The maximum Gasteiger partial charge on any atom is 0.410 e. The van der Waals surface area contributed by atoms with Crippen LogP contribution in [0.2, 0.25) is 0 Å². The fraction of sp³-hybridized carbons (Fsp3) is 0.833. The lowest BCUT2D eigenvalue weighted by Gasteiger charge is -2.22. The van der Waals surface area contributed by atoms with Gasteiger partial charge in [0.2, 0.25) is 0 Å². The Morgan fingerprint density at radius 2 is 2.06 bits per heavy atom. The summed E-state index contributed by atoms with van der Waals surface area (Å²) in [5, 5.41) is 0. The van der Waals surface area contributed by atoms with E-state index in [0.717, 1.165) is 0 Å². The van der Waals surface area contributed by atoms with Crippen molar-refractivity contribution >= 4 is 11.9 Å². The monoisotopic (exact) mass is 225 g/mol. The van der Waals surface area contributed by atoms with E-state index in [9.17, 15) is 9.59 Å². The molecule has 0 bridgehead atoms. The minimum Gasteiger partial charge on any atom is -0.449 e. The van der Waals surface area contributed by atoms with Gasteiger partial charge in [0.15, 0.2) is 5.78 Å². The van der Waals surface area contributed by atoms with Crippen LogP contribution in [0.5, 0.6) is 0 Å². The van der Waals surface area contributed by atoms with E-state index in [4.69, 9.17) is 4.74 Å². The first kappa shape index (κ1) is 11.4. The normalized spacial score (nSPS) is 22.5. The molecule has 1 aliphatic carbocycles. The third-order valence-corrected chi connectivity index (χ3v) is 3.45. The molecule has 1 aliphatic heterocycles. The van der Waals surface area contributed by atoms with Gasteiger partial charge >= 0.3 is 6.09 Å². The zero-order valence-corrected chi connectivity index (χ0v) is 9.61. The van der Waals surface area contributed by atoms with Crippen LogP contribution < -0.4 is 0 Å². The zero-order chi connectivity index (χ0) is 11.4. The number of amides is 1. The van der Waals surface area contributed by atoms with Crippen LogP contribution in [0.15, 0.2) is 0 Å². The van der Waals surface area contributed by atoms with Crippen molar-refractivity contribution in [2.24, 2.45) is 5.92 Å². The summed E-state index contributed by atoms with van der Waals surface area (Å²) in [6.07, 6.45) is 6.34. The second kappa shape index (κ2) is 5.32. The SMILES string of the molecule is O=C1CCN(C(=O)OCC2CCCCC2)C1. The van der Waals surface area contributed by atoms with E-state index in [2.05, 4.69) is 0 Å². The molecular weight excluding hydrogens is 206 g/mol. The van der Waals surface area contributed by atoms with Gasteiger partial charge in [-0.2, -0.15) is 0 Å². The molecule has 0 radical (unpaired) electrons. The maximum atomic E-state index is 11.6. The maximum absolute atomic E-state index is 11.6. The lowest BCUT2D eigenvalue weighted by atomic mass is 9.90. The van der Waals surface area contributed by atoms with Gasteiger partial charge in [0.05, 0.1) is 13.2 Å². The van der Waals surface area contributed by atoms with Crippen molar-refractivity contribution in [3.05, 3.63) is 0 Å². The molecule has 1 amide bonds. The van der Waals surface area contributed by atoms with Crippen LogP contribution in [0, 0.1) is 5.92 Å². The predicted octanol–water partition coefficient (Wildman–Crippen LogP) is 1.98. The van der Waals surface area contributed by atoms with Crippen molar-refractivity contribution in [2.45, 2.75) is 38.5 Å². The van der Waals surface area contributed by atoms with Gasteiger partial charge in [-0.05, 0) is 18.8 Å². The third-order valence-electron chi connectivity index (χ3n) is 3.45. The first-order chi connectivity index (χ1) is 7.75. The highest BCUT2D eigenvalue weighted by molar-refractivity contribution is 5.87. The Morgan fingerprint density at radius 3 is 2.69 bits per heavy atom. The number of ether oxygens (including phenoxy) is 1. The number of rotatable bonds is 2. The molecular formula is C12H19NO3. The molecule has 1 saturated carbocycles. The molecule has 2 aliphatic rings. The largest absolute Gasteiger partial charge is 0.449 e. The molecule has 0 aromatic carbocycles. The molecule has 0 aromatic heterocycles. The minimum atomic E-state index is -0.309. The van der Waals surface area contributed by atoms with Crippen molar-refractivity contribution < 1.29 is 14.3 Å². The highest BCUT2D eigenvalue weighted by Gasteiger charge is 2.25. The van der Waals surface area contributed by atoms with Crippen molar-refractivity contribution in [1.29, 1.82) is 0 Å². The summed E-state index contributed by atoms with van der Waals surface area (Å²) in [5.41, 5.74) is 0. The van der Waals surface area contributed by atoms with Crippen LogP contribution in [0.1, 0.15) is 38.5 Å². The molecule has 4 nitrogen and oxygen atoms in total. The van der Waals surface area contributed by atoms with E-state index in [-0.39, 0.29) is 18.4 Å². The van der Waals surface area contributed by atoms with Crippen molar-refractivity contribution in [2.75, 3.05) is 19.7 Å². The minimum absolute atomic E-state index is 0.134. The molecule has 16 heavy (non-hydrogen) atoms. The Balaban J connectivity index is 1.68. The lowest BCUT2D eigenvalue weighted by Crippen LogP contribution is -2.31. The average Bonchev–Trinajstić information content (AvgIpc) is 2.74. The van der Waals surface area contributed by atoms with Crippen molar-refractivity contribution in [1.82, 2.24) is 4.90 Å². The summed E-state index contributed by atoms with van der Waals surface area (Å²) >= 11 is 0. The van der Waals surface area contributed by atoms with Crippen molar-refractivity contribution in [3.8, 4) is 0 Å². The molecule has 4 heteroatoms. The third kappa shape index (κ3) is 2.97. The topological polar surface area (TPSA) is 46.6 Å². The van der Waals surface area contributed by atoms with E-state index < -0.39 is 0 Å². The van der Waals surface area contributed by atoms with Crippen LogP contribution in [-0.4, -0.2) is 36.5 Å². The molecule has 0 unspecified atom stereocenters. The standard InChI is InChI=1S/C12H19NO3/c14-11-6-7-13(8-11)12(15)16-9-10-4-2-1-3-5-10/h10H,1-9H2. The first-order valence-electron chi connectivity index (χ1n) is 6.19. The van der Waals surface area contributed by atoms with E-state index >= 15 is 0 Å². The van der Waals surface area contributed by atoms with Gasteiger partial charge in [-0.15, -0.1) is 0 Å². The molecule has 90 valence electrons. The summed E-state index contributed by atoms with van der Waals surface area (Å²) in [4.78, 5) is 24.1. The molecule has 2 fully saturated rings. The number of carbonyl (C=O) groups excluding carboxylic acids is 2. The quantitative estimate of drug-likeness (QED) is 0.722. The first-order valence-corrected chi connectivity index (χ1v) is 6.19. The van der Waals surface area contributed by atoms with Crippen LogP contribution in [-0.2, 0) is 9.53 Å². The Morgan fingerprint density at radius 1 is 1.31 bits per heavy atom. The Kier molecular flexibility index (Phi) is 3.80. The van der Waals surface area contributed by atoms with Gasteiger partial charge in [0.1, 0.15) is 0 Å². The highest BCUT2D eigenvalue weighted by atomic mass is 16.6. The number of carbonyl (C=O) groups is 2. The Labute approximate surface area is 95.9 Å². The highest BCUT2D eigenvalue weighted by Crippen LogP contribution is 2.23. The predicted molar refractivity (Wildman–Crippen MR) is 59.1 cm³/mol. The number of hydrogen-bond acceptors (Lipinski definition) is 3. The molecule has 0 N–H and O–H groups in total. The van der Waals surface area contributed by atoms with E-state index in [1.165, 1.54) is 37.0 Å². The average molecular weight is 225 g/mol. The van der Waals surface area contributed by atoms with E-state index in [1.807, 2.05) is 0 Å². The van der Waals surface area contributed by atoms with Crippen LogP contribution in [0.3, 0.4) is 0 Å². The van der Waals surface area contributed by atoms with Gasteiger partial charge in [-0.25, -0.2) is 4.79 Å². The Hall–Kier alpha value is -1.06. The van der Waals surface area contributed by atoms with Crippen LogP contribution in [0.25, 0.3) is 0 Å².